The zero-order chi connectivity index (χ0) is 14.9. The van der Waals surface area contributed by atoms with Crippen molar-refractivity contribution in [3.05, 3.63) is 35.1 Å². The molecule has 1 atom stereocenters. The van der Waals surface area contributed by atoms with Crippen LogP contribution in [0.25, 0.3) is 0 Å². The van der Waals surface area contributed by atoms with E-state index < -0.39 is 0 Å². The quantitative estimate of drug-likeness (QED) is 0.907. The van der Waals surface area contributed by atoms with Crippen LogP contribution in [0.5, 0.6) is 0 Å². The maximum Gasteiger partial charge on any atom is 0.126 e. The summed E-state index contributed by atoms with van der Waals surface area (Å²) in [6.45, 7) is 4.31. The largest absolute Gasteiger partial charge is 0.311 e. The third-order valence-corrected chi connectivity index (χ3v) is 5.55. The minimum atomic E-state index is -0.102. The summed E-state index contributed by atoms with van der Waals surface area (Å²) in [5.74, 6) is -0.102. The summed E-state index contributed by atoms with van der Waals surface area (Å²) >= 11 is 0. The van der Waals surface area contributed by atoms with Gasteiger partial charge in [-0.05, 0) is 69.9 Å². The number of nitrogens with zero attached hydrogens (tertiary/aromatic N) is 1. The Morgan fingerprint density at radius 3 is 2.38 bits per heavy atom. The Labute approximate surface area is 127 Å². The van der Waals surface area contributed by atoms with Crippen molar-refractivity contribution < 1.29 is 4.39 Å². The number of aryl methyl sites for hydroxylation is 1. The van der Waals surface area contributed by atoms with E-state index in [-0.39, 0.29) is 11.4 Å². The third-order valence-electron chi connectivity index (χ3n) is 5.55. The van der Waals surface area contributed by atoms with Gasteiger partial charge in [0, 0.05) is 5.54 Å². The van der Waals surface area contributed by atoms with Crippen molar-refractivity contribution in [1.82, 2.24) is 10.2 Å². The van der Waals surface area contributed by atoms with E-state index >= 15 is 0 Å². The highest BCUT2D eigenvalue weighted by Crippen LogP contribution is 2.45. The molecule has 2 aliphatic rings. The van der Waals surface area contributed by atoms with Crippen molar-refractivity contribution >= 4 is 0 Å². The number of nitrogens with one attached hydrogen (secondary N) is 1. The van der Waals surface area contributed by atoms with Crippen molar-refractivity contribution in [3.63, 3.8) is 0 Å². The summed E-state index contributed by atoms with van der Waals surface area (Å²) < 4.78 is 13.6. The van der Waals surface area contributed by atoms with Crippen molar-refractivity contribution in [1.29, 1.82) is 0 Å². The molecule has 1 unspecified atom stereocenters. The normalized spacial score (nSPS) is 23.6. The lowest BCUT2D eigenvalue weighted by molar-refractivity contribution is 0.0796. The van der Waals surface area contributed by atoms with Crippen LogP contribution in [0.15, 0.2) is 18.2 Å². The van der Waals surface area contributed by atoms with Gasteiger partial charge in [-0.25, -0.2) is 4.39 Å². The van der Waals surface area contributed by atoms with Crippen molar-refractivity contribution in [2.24, 2.45) is 0 Å². The van der Waals surface area contributed by atoms with Gasteiger partial charge in [0.05, 0.1) is 6.04 Å². The second kappa shape index (κ2) is 6.05. The maximum atomic E-state index is 13.6. The molecule has 1 heterocycles. The van der Waals surface area contributed by atoms with Gasteiger partial charge in [-0.15, -0.1) is 0 Å². The van der Waals surface area contributed by atoms with Crippen LogP contribution in [-0.2, 0) is 0 Å². The van der Waals surface area contributed by atoms with E-state index in [0.29, 0.717) is 6.04 Å². The highest BCUT2D eigenvalue weighted by Gasteiger charge is 2.46. The Morgan fingerprint density at radius 1 is 1.14 bits per heavy atom. The number of halogens is 1. The van der Waals surface area contributed by atoms with Crippen molar-refractivity contribution in [2.75, 3.05) is 20.1 Å². The summed E-state index contributed by atoms with van der Waals surface area (Å²) in [4.78, 5) is 2.71. The number of hydrogen-bond acceptors (Lipinski definition) is 2. The van der Waals surface area contributed by atoms with Crippen LogP contribution in [0.2, 0.25) is 0 Å². The van der Waals surface area contributed by atoms with Gasteiger partial charge in [-0.1, -0.05) is 25.0 Å². The van der Waals surface area contributed by atoms with E-state index in [9.17, 15) is 4.39 Å². The number of likely N-dealkylation sites (tertiary alicyclic amines) is 1. The minimum Gasteiger partial charge on any atom is -0.311 e. The van der Waals surface area contributed by atoms with E-state index in [1.165, 1.54) is 57.2 Å². The Balaban J connectivity index is 1.96. The first-order chi connectivity index (χ1) is 10.2. The molecule has 116 valence electrons. The summed E-state index contributed by atoms with van der Waals surface area (Å²) in [7, 11) is 2.06. The molecule has 1 N–H and O–H groups in total. The second-order valence-corrected chi connectivity index (χ2v) is 6.74. The highest BCUT2D eigenvalue weighted by atomic mass is 19.1. The summed E-state index contributed by atoms with van der Waals surface area (Å²) in [5.41, 5.74) is 2.22. The summed E-state index contributed by atoms with van der Waals surface area (Å²) in [5, 5.41) is 3.56. The van der Waals surface area contributed by atoms with Crippen LogP contribution in [0.1, 0.15) is 55.7 Å². The fourth-order valence-corrected chi connectivity index (χ4v) is 4.53. The highest BCUT2D eigenvalue weighted by molar-refractivity contribution is 5.30. The van der Waals surface area contributed by atoms with E-state index in [0.717, 1.165) is 5.56 Å². The number of likely N-dealkylation sites (N-methyl/N-ethyl adjacent to an activating group) is 1. The Bertz CT molecular complexity index is 488. The molecule has 1 aromatic carbocycles. The number of rotatable bonds is 4. The zero-order valence-corrected chi connectivity index (χ0v) is 13.3. The maximum absolute atomic E-state index is 13.6. The van der Waals surface area contributed by atoms with Crippen LogP contribution < -0.4 is 5.32 Å². The zero-order valence-electron chi connectivity index (χ0n) is 13.3. The third kappa shape index (κ3) is 2.62. The van der Waals surface area contributed by atoms with Gasteiger partial charge in [0.2, 0.25) is 0 Å². The fourth-order valence-electron chi connectivity index (χ4n) is 4.53. The molecular formula is C18H27FN2. The number of benzene rings is 1. The standard InChI is InChI=1S/C18H27FN2/c1-14-13-15(7-8-16(14)19)17(20-2)18(9-3-4-10-18)21-11-5-6-12-21/h7-8,13,17,20H,3-6,9-12H2,1-2H3. The Morgan fingerprint density at radius 2 is 1.81 bits per heavy atom. The van der Waals surface area contributed by atoms with Crippen LogP contribution in [0, 0.1) is 12.7 Å². The SMILES string of the molecule is CNC(c1ccc(F)c(C)c1)C1(N2CCCC2)CCCC1. The van der Waals surface area contributed by atoms with Crippen molar-refractivity contribution in [3.8, 4) is 0 Å². The first-order valence-electron chi connectivity index (χ1n) is 8.36. The molecular weight excluding hydrogens is 263 g/mol. The van der Waals surface area contributed by atoms with E-state index in [2.05, 4.69) is 17.3 Å². The molecule has 2 nitrogen and oxygen atoms in total. The lowest BCUT2D eigenvalue weighted by Gasteiger charge is -2.45. The van der Waals surface area contributed by atoms with Gasteiger partial charge in [0.15, 0.2) is 0 Å². The molecule has 0 bridgehead atoms. The minimum absolute atomic E-state index is 0.102. The predicted molar refractivity (Wildman–Crippen MR) is 84.9 cm³/mol. The average Bonchev–Trinajstić information content (AvgIpc) is 3.15. The van der Waals surface area contributed by atoms with Gasteiger partial charge >= 0.3 is 0 Å². The van der Waals surface area contributed by atoms with Crippen molar-refractivity contribution in [2.45, 2.75) is 57.0 Å². The molecule has 0 spiro atoms. The molecule has 1 aliphatic carbocycles. The summed E-state index contributed by atoms with van der Waals surface area (Å²) in [6, 6.07) is 5.94. The Kier molecular flexibility index (Phi) is 4.32. The van der Waals surface area contributed by atoms with Gasteiger partial charge in [0.1, 0.15) is 5.82 Å². The summed E-state index contributed by atoms with van der Waals surface area (Å²) in [6.07, 6.45) is 7.79. The topological polar surface area (TPSA) is 15.3 Å². The van der Waals surface area contributed by atoms with Gasteiger partial charge in [-0.2, -0.15) is 0 Å². The van der Waals surface area contributed by atoms with Crippen LogP contribution in [0.3, 0.4) is 0 Å². The molecule has 1 saturated heterocycles. The molecule has 0 amide bonds. The molecule has 21 heavy (non-hydrogen) atoms. The van der Waals surface area contributed by atoms with Gasteiger partial charge < -0.3 is 5.32 Å². The van der Waals surface area contributed by atoms with Crippen LogP contribution in [-0.4, -0.2) is 30.6 Å². The monoisotopic (exact) mass is 290 g/mol. The molecule has 3 heteroatoms. The molecule has 1 aromatic rings. The molecule has 0 radical (unpaired) electrons. The predicted octanol–water partition coefficient (Wildman–Crippen LogP) is 3.80. The fraction of sp³-hybridized carbons (Fsp3) is 0.667. The van der Waals surface area contributed by atoms with Gasteiger partial charge in [0.25, 0.3) is 0 Å². The molecule has 1 saturated carbocycles. The average molecular weight is 290 g/mol. The van der Waals surface area contributed by atoms with Crippen LogP contribution in [0.4, 0.5) is 4.39 Å². The van der Waals surface area contributed by atoms with E-state index in [4.69, 9.17) is 0 Å². The first-order valence-corrected chi connectivity index (χ1v) is 8.36. The first kappa shape index (κ1) is 15.0. The Hall–Kier alpha value is -0.930. The molecule has 3 rings (SSSR count). The van der Waals surface area contributed by atoms with E-state index in [1.807, 2.05) is 19.1 Å². The molecule has 1 aliphatic heterocycles. The molecule has 0 aromatic heterocycles. The number of hydrogen-bond donors (Lipinski definition) is 1. The van der Waals surface area contributed by atoms with Gasteiger partial charge in [-0.3, -0.25) is 4.90 Å². The smallest absolute Gasteiger partial charge is 0.126 e. The lowest BCUT2D eigenvalue weighted by Crippen LogP contribution is -2.53. The van der Waals surface area contributed by atoms with E-state index in [1.54, 1.807) is 6.07 Å². The molecule has 2 fully saturated rings. The second-order valence-electron chi connectivity index (χ2n) is 6.74. The lowest BCUT2D eigenvalue weighted by atomic mass is 9.81. The van der Waals surface area contributed by atoms with Crippen LogP contribution >= 0.6 is 0 Å².